The molecule has 0 amide bonds. The van der Waals surface area contributed by atoms with Gasteiger partial charge in [-0.1, -0.05) is 56.6 Å². The van der Waals surface area contributed by atoms with E-state index in [1.165, 1.54) is 11.1 Å². The standard InChI is InChI=1S/C18H28BrF/c1-9-13-10-14(11-15(19)12(13)2)18(8,16(3,4)5)17(6,7)20/h10-11H,9H2,1-8H3. The summed E-state index contributed by atoms with van der Waals surface area (Å²) in [5.74, 6) is 0. The lowest BCUT2D eigenvalue weighted by Gasteiger charge is -2.49. The molecule has 2 heteroatoms. The summed E-state index contributed by atoms with van der Waals surface area (Å²) in [7, 11) is 0. The molecule has 0 aliphatic carbocycles. The molecule has 0 fully saturated rings. The molecule has 0 aliphatic rings. The second-order valence-corrected chi connectivity index (χ2v) is 8.30. The Kier molecular flexibility index (Phi) is 4.81. The minimum atomic E-state index is -1.30. The molecule has 1 atom stereocenters. The maximum absolute atomic E-state index is 15.1. The van der Waals surface area contributed by atoms with Crippen molar-refractivity contribution in [1.82, 2.24) is 0 Å². The number of halogens is 2. The monoisotopic (exact) mass is 342 g/mol. The van der Waals surface area contributed by atoms with E-state index in [-0.39, 0.29) is 5.41 Å². The van der Waals surface area contributed by atoms with Crippen molar-refractivity contribution in [3.8, 4) is 0 Å². The summed E-state index contributed by atoms with van der Waals surface area (Å²) in [6, 6.07) is 4.29. The molecular formula is C18H28BrF. The first-order chi connectivity index (χ1) is 8.86. The Bertz CT molecular complexity index is 475. The average molecular weight is 343 g/mol. The van der Waals surface area contributed by atoms with Crippen LogP contribution in [0.25, 0.3) is 0 Å². The molecule has 20 heavy (non-hydrogen) atoms. The predicted octanol–water partition coefficient (Wildman–Crippen LogP) is 6.37. The Morgan fingerprint density at radius 1 is 1.05 bits per heavy atom. The summed E-state index contributed by atoms with van der Waals surface area (Å²) in [6.45, 7) is 16.0. The molecule has 0 saturated heterocycles. The number of benzene rings is 1. The smallest absolute Gasteiger partial charge is 0.115 e. The van der Waals surface area contributed by atoms with Gasteiger partial charge in [-0.2, -0.15) is 0 Å². The van der Waals surface area contributed by atoms with Crippen LogP contribution in [0.2, 0.25) is 0 Å². The number of aryl methyl sites for hydroxylation is 1. The van der Waals surface area contributed by atoms with E-state index in [4.69, 9.17) is 0 Å². The highest BCUT2D eigenvalue weighted by atomic mass is 79.9. The van der Waals surface area contributed by atoms with Gasteiger partial charge in [0.15, 0.2) is 0 Å². The average Bonchev–Trinajstić information content (AvgIpc) is 2.28. The van der Waals surface area contributed by atoms with Crippen LogP contribution >= 0.6 is 15.9 Å². The molecule has 0 aromatic heterocycles. The van der Waals surface area contributed by atoms with E-state index in [1.54, 1.807) is 13.8 Å². The van der Waals surface area contributed by atoms with Gasteiger partial charge in [-0.15, -0.1) is 0 Å². The van der Waals surface area contributed by atoms with Crippen molar-refractivity contribution >= 4 is 15.9 Å². The topological polar surface area (TPSA) is 0 Å². The van der Waals surface area contributed by atoms with Crippen LogP contribution in [0.5, 0.6) is 0 Å². The highest BCUT2D eigenvalue weighted by Crippen LogP contribution is 2.51. The molecule has 0 heterocycles. The lowest BCUT2D eigenvalue weighted by atomic mass is 9.57. The van der Waals surface area contributed by atoms with E-state index in [0.717, 1.165) is 16.5 Å². The Labute approximate surface area is 132 Å². The van der Waals surface area contributed by atoms with E-state index in [1.807, 2.05) is 6.92 Å². The quantitative estimate of drug-likeness (QED) is 0.598. The summed E-state index contributed by atoms with van der Waals surface area (Å²) in [6.07, 6.45) is 0.964. The first kappa shape index (κ1) is 17.7. The van der Waals surface area contributed by atoms with Crippen LogP contribution in [-0.2, 0) is 11.8 Å². The van der Waals surface area contributed by atoms with E-state index in [9.17, 15) is 0 Å². The first-order valence-corrected chi connectivity index (χ1v) is 8.14. The van der Waals surface area contributed by atoms with Crippen molar-refractivity contribution in [3.05, 3.63) is 33.3 Å². The Balaban J connectivity index is 3.65. The van der Waals surface area contributed by atoms with E-state index < -0.39 is 11.1 Å². The van der Waals surface area contributed by atoms with Crippen LogP contribution in [0.4, 0.5) is 4.39 Å². The molecule has 0 bridgehead atoms. The SMILES string of the molecule is CCc1cc(C(C)(C(C)(C)C)C(C)(C)F)cc(Br)c1C. The second-order valence-electron chi connectivity index (χ2n) is 7.44. The third-order valence-electron chi connectivity index (χ3n) is 5.10. The molecule has 1 aromatic carbocycles. The summed E-state index contributed by atoms with van der Waals surface area (Å²) >= 11 is 3.64. The van der Waals surface area contributed by atoms with Gasteiger partial charge in [0.1, 0.15) is 5.67 Å². The van der Waals surface area contributed by atoms with Crippen molar-refractivity contribution in [1.29, 1.82) is 0 Å². The van der Waals surface area contributed by atoms with Crippen LogP contribution < -0.4 is 0 Å². The molecule has 0 aliphatic heterocycles. The van der Waals surface area contributed by atoms with Crippen LogP contribution in [0.15, 0.2) is 16.6 Å². The summed E-state index contributed by atoms with van der Waals surface area (Å²) in [5, 5.41) is 0. The summed E-state index contributed by atoms with van der Waals surface area (Å²) < 4.78 is 16.1. The zero-order valence-corrected chi connectivity index (χ0v) is 15.7. The van der Waals surface area contributed by atoms with Gasteiger partial charge in [0.2, 0.25) is 0 Å². The highest BCUT2D eigenvalue weighted by molar-refractivity contribution is 9.10. The van der Waals surface area contributed by atoms with Gasteiger partial charge in [-0.3, -0.25) is 0 Å². The molecule has 114 valence electrons. The molecule has 0 nitrogen and oxygen atoms in total. The molecule has 1 unspecified atom stereocenters. The van der Waals surface area contributed by atoms with Gasteiger partial charge < -0.3 is 0 Å². The molecule has 0 radical (unpaired) electrons. The van der Waals surface area contributed by atoms with Gasteiger partial charge >= 0.3 is 0 Å². The van der Waals surface area contributed by atoms with E-state index >= 15 is 4.39 Å². The van der Waals surface area contributed by atoms with Crippen molar-refractivity contribution in [2.75, 3.05) is 0 Å². The predicted molar refractivity (Wildman–Crippen MR) is 90.3 cm³/mol. The highest BCUT2D eigenvalue weighted by Gasteiger charge is 2.51. The van der Waals surface area contributed by atoms with Crippen molar-refractivity contribution in [2.45, 2.75) is 72.9 Å². The maximum atomic E-state index is 15.1. The largest absolute Gasteiger partial charge is 0.244 e. The van der Waals surface area contributed by atoms with Crippen LogP contribution in [0, 0.1) is 12.3 Å². The minimum Gasteiger partial charge on any atom is -0.244 e. The second kappa shape index (κ2) is 5.44. The fourth-order valence-corrected chi connectivity index (χ4v) is 3.56. The fourth-order valence-electron chi connectivity index (χ4n) is 3.06. The van der Waals surface area contributed by atoms with Crippen molar-refractivity contribution < 1.29 is 4.39 Å². The van der Waals surface area contributed by atoms with Gasteiger partial charge in [-0.25, -0.2) is 4.39 Å². The Morgan fingerprint density at radius 3 is 1.90 bits per heavy atom. The molecule has 0 saturated carbocycles. The molecular weight excluding hydrogens is 315 g/mol. The van der Waals surface area contributed by atoms with Gasteiger partial charge in [-0.05, 0) is 55.4 Å². The number of hydrogen-bond acceptors (Lipinski definition) is 0. The summed E-state index contributed by atoms with van der Waals surface area (Å²) in [5.41, 5.74) is 1.58. The minimum absolute atomic E-state index is 0.176. The molecule has 0 spiro atoms. The zero-order valence-electron chi connectivity index (χ0n) is 14.1. The van der Waals surface area contributed by atoms with Crippen molar-refractivity contribution in [3.63, 3.8) is 0 Å². The van der Waals surface area contributed by atoms with Gasteiger partial charge in [0.25, 0.3) is 0 Å². The normalized spacial score (nSPS) is 16.1. The number of alkyl halides is 1. The summed E-state index contributed by atoms with van der Waals surface area (Å²) in [4.78, 5) is 0. The van der Waals surface area contributed by atoms with Crippen LogP contribution in [0.1, 0.15) is 65.2 Å². The maximum Gasteiger partial charge on any atom is 0.115 e. The third kappa shape index (κ3) is 2.81. The lowest BCUT2D eigenvalue weighted by molar-refractivity contribution is 0.0177. The van der Waals surface area contributed by atoms with Gasteiger partial charge in [0.05, 0.1) is 0 Å². The third-order valence-corrected chi connectivity index (χ3v) is 5.92. The van der Waals surface area contributed by atoms with E-state index in [2.05, 4.69) is 62.7 Å². The molecule has 0 N–H and O–H groups in total. The first-order valence-electron chi connectivity index (χ1n) is 7.34. The molecule has 1 rings (SSSR count). The fraction of sp³-hybridized carbons (Fsp3) is 0.667. The zero-order chi connectivity index (χ0) is 15.9. The Morgan fingerprint density at radius 2 is 1.55 bits per heavy atom. The lowest BCUT2D eigenvalue weighted by Crippen LogP contribution is -2.51. The van der Waals surface area contributed by atoms with Gasteiger partial charge in [0, 0.05) is 9.89 Å². The molecule has 1 aromatic rings. The van der Waals surface area contributed by atoms with Crippen molar-refractivity contribution in [2.24, 2.45) is 5.41 Å². The number of rotatable bonds is 3. The Hall–Kier alpha value is -0.370. The number of hydrogen-bond donors (Lipinski definition) is 0. The van der Waals surface area contributed by atoms with Crippen LogP contribution in [-0.4, -0.2) is 5.67 Å². The van der Waals surface area contributed by atoms with Crippen LogP contribution in [0.3, 0.4) is 0 Å². The van der Waals surface area contributed by atoms with E-state index in [0.29, 0.717) is 0 Å².